The highest BCUT2D eigenvalue weighted by molar-refractivity contribution is 5.95. The van der Waals surface area contributed by atoms with E-state index in [1.807, 2.05) is 20.8 Å². The summed E-state index contributed by atoms with van der Waals surface area (Å²) in [5.41, 5.74) is 1.79. The number of rotatable bonds is 2. The standard InChI is InChI=1S/C17H21N5O3/c1-17(2,3)19-16(23)15-14-11(8-10-4-5-12(14)25-10)20-22(15)13-9-21(24)7-6-18-13/h6-7,9-10,12H,4-5,8H2,1-3H3,(H-,18,19,23,24)/p+1. The van der Waals surface area contributed by atoms with Crippen LogP contribution in [-0.4, -0.2) is 32.3 Å². The first-order valence-corrected chi connectivity index (χ1v) is 8.52. The Morgan fingerprint density at radius 1 is 1.44 bits per heavy atom. The van der Waals surface area contributed by atoms with Gasteiger partial charge in [0, 0.05) is 22.4 Å². The van der Waals surface area contributed by atoms with Crippen molar-refractivity contribution in [1.82, 2.24) is 20.1 Å². The molecular formula is C17H22N5O3+. The third kappa shape index (κ3) is 2.86. The van der Waals surface area contributed by atoms with Crippen LogP contribution in [0.4, 0.5) is 0 Å². The van der Waals surface area contributed by atoms with Crippen molar-refractivity contribution >= 4 is 5.91 Å². The number of H-pyrrole nitrogens is 1. The minimum Gasteiger partial charge on any atom is -0.370 e. The van der Waals surface area contributed by atoms with Crippen LogP contribution in [-0.2, 0) is 11.2 Å². The Hall–Kier alpha value is -2.48. The molecule has 2 bridgehead atoms. The molecule has 0 spiro atoms. The van der Waals surface area contributed by atoms with Crippen LogP contribution in [0.15, 0.2) is 18.6 Å². The molecule has 4 rings (SSSR count). The van der Waals surface area contributed by atoms with Gasteiger partial charge in [-0.05, 0) is 33.6 Å². The minimum absolute atomic E-state index is 0.105. The zero-order valence-corrected chi connectivity index (χ0v) is 14.6. The van der Waals surface area contributed by atoms with Gasteiger partial charge in [0.2, 0.25) is 12.0 Å². The molecule has 2 aliphatic rings. The number of nitrogens with zero attached hydrogens (tertiary/aromatic N) is 3. The normalized spacial score (nSPS) is 21.9. The molecule has 1 fully saturated rings. The van der Waals surface area contributed by atoms with Gasteiger partial charge >= 0.3 is 0 Å². The lowest BCUT2D eigenvalue weighted by Crippen LogP contribution is -2.42. The first-order chi connectivity index (χ1) is 11.8. The van der Waals surface area contributed by atoms with E-state index in [2.05, 4.69) is 15.4 Å². The van der Waals surface area contributed by atoms with Gasteiger partial charge in [0.05, 0.1) is 28.5 Å². The summed E-state index contributed by atoms with van der Waals surface area (Å²) in [5, 5.41) is 7.65. The summed E-state index contributed by atoms with van der Waals surface area (Å²) in [4.78, 5) is 27.7. The number of nitrogens with one attached hydrogen (secondary N) is 2. The Balaban J connectivity index is 1.88. The number of hydrogen-bond donors (Lipinski definition) is 2. The Morgan fingerprint density at radius 2 is 2.24 bits per heavy atom. The van der Waals surface area contributed by atoms with E-state index < -0.39 is 0 Å². The number of carbonyl (C=O) groups excluding carboxylic acids is 1. The Kier molecular flexibility index (Phi) is 3.54. The van der Waals surface area contributed by atoms with Gasteiger partial charge in [-0.25, -0.2) is 4.68 Å². The lowest BCUT2D eigenvalue weighted by atomic mass is 10.0. The smallest absolute Gasteiger partial charge is 0.270 e. The molecule has 2 aromatic heterocycles. The topological polar surface area (TPSA) is 94.9 Å². The molecule has 132 valence electrons. The number of amides is 1. The molecule has 0 aliphatic carbocycles. The maximum Gasteiger partial charge on any atom is 0.270 e. The molecule has 0 radical (unpaired) electrons. The number of aromatic nitrogens is 4. The fraction of sp³-hybridized carbons (Fsp3) is 0.529. The Morgan fingerprint density at radius 3 is 2.96 bits per heavy atom. The monoisotopic (exact) mass is 344 g/mol. The molecule has 2 N–H and O–H groups in total. The Bertz CT molecular complexity index is 892. The summed E-state index contributed by atoms with van der Waals surface area (Å²) in [5.74, 6) is 0.228. The van der Waals surface area contributed by atoms with Gasteiger partial charge in [-0.1, -0.05) is 0 Å². The van der Waals surface area contributed by atoms with Gasteiger partial charge in [-0.3, -0.25) is 4.79 Å². The second kappa shape index (κ2) is 5.52. The van der Waals surface area contributed by atoms with Crippen LogP contribution in [0, 0.1) is 4.91 Å². The molecule has 1 amide bonds. The third-order valence-electron chi connectivity index (χ3n) is 4.48. The number of carbonyl (C=O) groups is 1. The van der Waals surface area contributed by atoms with Crippen LogP contribution in [0.1, 0.15) is 61.5 Å². The van der Waals surface area contributed by atoms with Crippen LogP contribution in [0.25, 0.3) is 5.82 Å². The number of ether oxygens (including phenoxy) is 1. The van der Waals surface area contributed by atoms with E-state index in [1.54, 1.807) is 0 Å². The van der Waals surface area contributed by atoms with E-state index in [9.17, 15) is 9.70 Å². The van der Waals surface area contributed by atoms with E-state index in [-0.39, 0.29) is 23.7 Å². The summed E-state index contributed by atoms with van der Waals surface area (Å²) in [6.07, 6.45) is 6.88. The molecule has 8 heteroatoms. The second-order valence-electron chi connectivity index (χ2n) is 7.69. The number of hydrogen-bond acceptors (Lipinski definition) is 4. The molecule has 4 heterocycles. The van der Waals surface area contributed by atoms with Crippen molar-refractivity contribution in [2.24, 2.45) is 0 Å². The van der Waals surface area contributed by atoms with Crippen molar-refractivity contribution in [3.05, 3.63) is 40.4 Å². The number of aromatic amines is 1. The summed E-state index contributed by atoms with van der Waals surface area (Å²) in [7, 11) is 0. The highest BCUT2D eigenvalue weighted by Gasteiger charge is 2.41. The molecule has 2 unspecified atom stereocenters. The predicted molar refractivity (Wildman–Crippen MR) is 89.1 cm³/mol. The number of fused-ring (bicyclic) bond motifs is 4. The van der Waals surface area contributed by atoms with Gasteiger partial charge in [0.25, 0.3) is 12.1 Å². The average Bonchev–Trinajstić information content (AvgIpc) is 3.08. The van der Waals surface area contributed by atoms with Crippen LogP contribution >= 0.6 is 0 Å². The van der Waals surface area contributed by atoms with Gasteiger partial charge in [0.15, 0.2) is 0 Å². The maximum absolute atomic E-state index is 13.0. The molecule has 0 aromatic carbocycles. The Labute approximate surface area is 144 Å². The van der Waals surface area contributed by atoms with Crippen molar-refractivity contribution in [3.8, 4) is 5.82 Å². The first-order valence-electron chi connectivity index (χ1n) is 8.52. The fourth-order valence-electron chi connectivity index (χ4n) is 3.55. The molecule has 2 aromatic rings. The van der Waals surface area contributed by atoms with Crippen molar-refractivity contribution in [3.63, 3.8) is 0 Å². The maximum atomic E-state index is 13.0. The van der Waals surface area contributed by atoms with Crippen LogP contribution in [0.3, 0.4) is 0 Å². The van der Waals surface area contributed by atoms with Gasteiger partial charge in [0.1, 0.15) is 5.69 Å². The molecule has 25 heavy (non-hydrogen) atoms. The summed E-state index contributed by atoms with van der Waals surface area (Å²) in [6, 6.07) is 0. The van der Waals surface area contributed by atoms with Crippen molar-refractivity contribution in [2.45, 2.75) is 57.8 Å². The average molecular weight is 344 g/mol. The highest BCUT2D eigenvalue weighted by atomic mass is 16.5. The highest BCUT2D eigenvalue weighted by Crippen LogP contribution is 2.42. The van der Waals surface area contributed by atoms with E-state index in [0.717, 1.165) is 24.1 Å². The minimum atomic E-state index is -0.383. The van der Waals surface area contributed by atoms with E-state index >= 15 is 0 Å². The quantitative estimate of drug-likeness (QED) is 0.806. The predicted octanol–water partition coefficient (Wildman–Crippen LogP) is 1.42. The molecule has 8 nitrogen and oxygen atoms in total. The molecule has 2 aliphatic heterocycles. The van der Waals surface area contributed by atoms with Crippen molar-refractivity contribution in [1.29, 1.82) is 0 Å². The first kappa shape index (κ1) is 16.0. The fourth-order valence-corrected chi connectivity index (χ4v) is 3.55. The lowest BCUT2D eigenvalue weighted by Gasteiger charge is -2.23. The molecule has 0 saturated carbocycles. The van der Waals surface area contributed by atoms with Crippen LogP contribution < -0.4 is 9.74 Å². The SMILES string of the molecule is CC(C)(C)NC(=O)c1c2c(nn1-c1c[n+](=O)cc[nH]1)CC1CCC2O1. The lowest BCUT2D eigenvalue weighted by molar-refractivity contribution is -0.495. The van der Waals surface area contributed by atoms with Crippen LogP contribution in [0.2, 0.25) is 0 Å². The van der Waals surface area contributed by atoms with E-state index in [1.165, 1.54) is 23.3 Å². The molecule has 1 saturated heterocycles. The molecular weight excluding hydrogens is 322 g/mol. The van der Waals surface area contributed by atoms with E-state index in [0.29, 0.717) is 22.4 Å². The zero-order chi connectivity index (χ0) is 17.8. The molecule has 2 atom stereocenters. The zero-order valence-electron chi connectivity index (χ0n) is 14.6. The summed E-state index contributed by atoms with van der Waals surface area (Å²) < 4.78 is 8.22. The largest absolute Gasteiger partial charge is 0.370 e. The summed E-state index contributed by atoms with van der Waals surface area (Å²) in [6.45, 7) is 5.79. The van der Waals surface area contributed by atoms with Gasteiger partial charge < -0.3 is 15.0 Å². The second-order valence-corrected chi connectivity index (χ2v) is 7.69. The van der Waals surface area contributed by atoms with Crippen molar-refractivity contribution in [2.75, 3.05) is 0 Å². The van der Waals surface area contributed by atoms with Gasteiger partial charge in [-0.2, -0.15) is 5.10 Å². The summed E-state index contributed by atoms with van der Waals surface area (Å²) >= 11 is 0. The van der Waals surface area contributed by atoms with Crippen LogP contribution in [0.5, 0.6) is 0 Å². The third-order valence-corrected chi connectivity index (χ3v) is 4.48. The van der Waals surface area contributed by atoms with Gasteiger partial charge in [-0.15, -0.1) is 0 Å². The van der Waals surface area contributed by atoms with Crippen molar-refractivity contribution < 1.29 is 14.0 Å². The van der Waals surface area contributed by atoms with E-state index in [4.69, 9.17) is 4.74 Å².